The Morgan fingerprint density at radius 1 is 1.17 bits per heavy atom. The average Bonchev–Trinajstić information content (AvgIpc) is 2.90. The Hall–Kier alpha value is -2.37. The maximum Gasteiger partial charge on any atom is 0.129 e. The van der Waals surface area contributed by atoms with Crippen LogP contribution in [0, 0.1) is 6.92 Å². The average molecular weight is 310 g/mol. The number of aromatic nitrogens is 2. The second-order valence-corrected chi connectivity index (χ2v) is 6.16. The molecule has 4 rings (SSSR count). The zero-order valence-electron chi connectivity index (χ0n) is 12.9. The topological polar surface area (TPSA) is 56.5 Å². The van der Waals surface area contributed by atoms with Crippen LogP contribution in [-0.2, 0) is 11.3 Å². The lowest BCUT2D eigenvalue weighted by molar-refractivity contribution is -0.184. The maximum atomic E-state index is 10.3. The molecule has 1 aliphatic heterocycles. The van der Waals surface area contributed by atoms with Gasteiger partial charge in [-0.05, 0) is 31.2 Å². The van der Waals surface area contributed by atoms with Crippen molar-refractivity contribution in [2.24, 2.45) is 0 Å². The van der Waals surface area contributed by atoms with Crippen molar-refractivity contribution in [3.63, 3.8) is 0 Å². The molecular formula is C18H18N2O3. The maximum absolute atomic E-state index is 10.3. The quantitative estimate of drug-likeness (QED) is 0.805. The van der Waals surface area contributed by atoms with Crippen LogP contribution < -0.4 is 4.74 Å². The van der Waals surface area contributed by atoms with Crippen LogP contribution in [0.4, 0.5) is 0 Å². The van der Waals surface area contributed by atoms with E-state index in [2.05, 4.69) is 4.98 Å². The summed E-state index contributed by atoms with van der Waals surface area (Å²) in [7, 11) is 0. The number of rotatable bonds is 4. The Bertz CT molecular complexity index is 835. The summed E-state index contributed by atoms with van der Waals surface area (Å²) in [6, 6.07) is 13.7. The van der Waals surface area contributed by atoms with Gasteiger partial charge in [0.05, 0.1) is 37.1 Å². The summed E-state index contributed by atoms with van der Waals surface area (Å²) in [5.74, 6) is 1.55. The van der Waals surface area contributed by atoms with Gasteiger partial charge in [0.25, 0.3) is 0 Å². The number of hydrogen-bond donors (Lipinski definition) is 1. The summed E-state index contributed by atoms with van der Waals surface area (Å²) in [5.41, 5.74) is 2.23. The van der Waals surface area contributed by atoms with Gasteiger partial charge in [0.15, 0.2) is 0 Å². The van der Waals surface area contributed by atoms with E-state index >= 15 is 0 Å². The summed E-state index contributed by atoms with van der Waals surface area (Å²) in [4.78, 5) is 4.38. The molecule has 0 amide bonds. The van der Waals surface area contributed by atoms with E-state index in [1.54, 1.807) is 6.33 Å². The van der Waals surface area contributed by atoms with Gasteiger partial charge in [-0.2, -0.15) is 0 Å². The number of aliphatic hydroxyl groups is 1. The van der Waals surface area contributed by atoms with Gasteiger partial charge in [-0.3, -0.25) is 0 Å². The van der Waals surface area contributed by atoms with Crippen LogP contribution in [0.1, 0.15) is 5.56 Å². The highest BCUT2D eigenvalue weighted by Gasteiger charge is 2.36. The fourth-order valence-corrected chi connectivity index (χ4v) is 2.71. The number of nitrogens with zero attached hydrogens (tertiary/aromatic N) is 2. The second-order valence-electron chi connectivity index (χ2n) is 6.16. The Morgan fingerprint density at radius 3 is 2.61 bits per heavy atom. The fraction of sp³-hybridized carbons (Fsp3) is 0.278. The first-order valence-electron chi connectivity index (χ1n) is 7.61. The lowest BCUT2D eigenvalue weighted by Gasteiger charge is -2.36. The minimum atomic E-state index is -0.790. The molecule has 118 valence electrons. The molecule has 2 aromatic carbocycles. The van der Waals surface area contributed by atoms with Crippen molar-refractivity contribution in [3.05, 3.63) is 54.4 Å². The molecule has 3 aromatic rings. The molecule has 5 heteroatoms. The van der Waals surface area contributed by atoms with Crippen LogP contribution in [0.5, 0.6) is 11.5 Å². The Kier molecular flexibility index (Phi) is 3.32. The van der Waals surface area contributed by atoms with Gasteiger partial charge in [0, 0.05) is 6.07 Å². The van der Waals surface area contributed by atoms with Crippen molar-refractivity contribution in [3.8, 4) is 11.5 Å². The number of hydrogen-bond acceptors (Lipinski definition) is 4. The number of aryl methyl sites for hydroxylation is 1. The van der Waals surface area contributed by atoms with Gasteiger partial charge < -0.3 is 19.1 Å². The molecule has 0 bridgehead atoms. The Balaban J connectivity index is 1.62. The van der Waals surface area contributed by atoms with Crippen LogP contribution in [0.15, 0.2) is 48.8 Å². The second kappa shape index (κ2) is 5.37. The van der Waals surface area contributed by atoms with Crippen molar-refractivity contribution in [1.29, 1.82) is 0 Å². The molecule has 1 aliphatic rings. The van der Waals surface area contributed by atoms with E-state index in [-0.39, 0.29) is 0 Å². The van der Waals surface area contributed by atoms with Crippen LogP contribution >= 0.6 is 0 Å². The van der Waals surface area contributed by atoms with Gasteiger partial charge in [-0.15, -0.1) is 0 Å². The highest BCUT2D eigenvalue weighted by molar-refractivity contribution is 5.77. The van der Waals surface area contributed by atoms with Gasteiger partial charge in [0.2, 0.25) is 0 Å². The Labute approximate surface area is 134 Å². The van der Waals surface area contributed by atoms with Crippen LogP contribution in [-0.4, -0.2) is 33.5 Å². The van der Waals surface area contributed by atoms with Crippen molar-refractivity contribution in [2.45, 2.75) is 19.1 Å². The third-order valence-electron chi connectivity index (χ3n) is 4.06. The highest BCUT2D eigenvalue weighted by atomic mass is 16.5. The monoisotopic (exact) mass is 310 g/mol. The van der Waals surface area contributed by atoms with E-state index < -0.39 is 5.60 Å². The van der Waals surface area contributed by atoms with E-state index in [0.29, 0.717) is 19.8 Å². The lowest BCUT2D eigenvalue weighted by Crippen LogP contribution is -2.52. The summed E-state index contributed by atoms with van der Waals surface area (Å²) in [6.07, 6.45) is 1.75. The molecule has 1 saturated heterocycles. The summed E-state index contributed by atoms with van der Waals surface area (Å²) < 4.78 is 13.0. The van der Waals surface area contributed by atoms with E-state index in [0.717, 1.165) is 22.5 Å². The molecule has 0 atom stereocenters. The highest BCUT2D eigenvalue weighted by Crippen LogP contribution is 2.27. The molecule has 0 unspecified atom stereocenters. The molecule has 0 aliphatic carbocycles. The Morgan fingerprint density at radius 2 is 1.91 bits per heavy atom. The largest absolute Gasteiger partial charge is 0.457 e. The minimum absolute atomic E-state index is 0.367. The number of imidazole rings is 1. The van der Waals surface area contributed by atoms with Gasteiger partial charge >= 0.3 is 0 Å². The third kappa shape index (κ3) is 2.81. The standard InChI is InChI=1S/C18H18N2O3/c1-13-2-4-14(5-3-13)23-15-6-7-16-17(8-15)20(12-19-16)9-18(21)10-22-11-18/h2-8,12,21H,9-11H2,1H3. The molecule has 1 fully saturated rings. The zero-order chi connectivity index (χ0) is 15.9. The van der Waals surface area contributed by atoms with Crippen molar-refractivity contribution in [2.75, 3.05) is 13.2 Å². The van der Waals surface area contributed by atoms with E-state index in [9.17, 15) is 5.11 Å². The first-order chi connectivity index (χ1) is 11.1. The summed E-state index contributed by atoms with van der Waals surface area (Å²) in [5, 5.41) is 10.3. The minimum Gasteiger partial charge on any atom is -0.457 e. The van der Waals surface area contributed by atoms with Crippen molar-refractivity contribution >= 4 is 11.0 Å². The summed E-state index contributed by atoms with van der Waals surface area (Å²) >= 11 is 0. The normalized spacial score (nSPS) is 16.3. The molecule has 0 radical (unpaired) electrons. The van der Waals surface area contributed by atoms with Gasteiger partial charge in [-0.25, -0.2) is 4.98 Å². The predicted octanol–water partition coefficient (Wildman–Crippen LogP) is 2.90. The van der Waals surface area contributed by atoms with Crippen molar-refractivity contribution < 1.29 is 14.6 Å². The molecule has 0 spiro atoms. The molecule has 2 heterocycles. The smallest absolute Gasteiger partial charge is 0.129 e. The third-order valence-corrected chi connectivity index (χ3v) is 4.06. The lowest BCUT2D eigenvalue weighted by atomic mass is 10.0. The number of fused-ring (bicyclic) bond motifs is 1. The van der Waals surface area contributed by atoms with Gasteiger partial charge in [-0.1, -0.05) is 17.7 Å². The predicted molar refractivity (Wildman–Crippen MR) is 86.8 cm³/mol. The molecule has 0 saturated carbocycles. The van der Waals surface area contributed by atoms with Crippen molar-refractivity contribution in [1.82, 2.24) is 9.55 Å². The molecule has 5 nitrogen and oxygen atoms in total. The van der Waals surface area contributed by atoms with E-state index in [1.165, 1.54) is 5.56 Å². The summed E-state index contributed by atoms with van der Waals surface area (Å²) in [6.45, 7) is 3.25. The first-order valence-corrected chi connectivity index (χ1v) is 7.61. The first kappa shape index (κ1) is 14.2. The SMILES string of the molecule is Cc1ccc(Oc2ccc3ncn(CC4(O)COC4)c3c2)cc1. The van der Waals surface area contributed by atoms with E-state index in [1.807, 2.05) is 54.0 Å². The number of ether oxygens (including phenoxy) is 2. The van der Waals surface area contributed by atoms with Crippen LogP contribution in [0.2, 0.25) is 0 Å². The number of benzene rings is 2. The van der Waals surface area contributed by atoms with E-state index in [4.69, 9.17) is 9.47 Å². The molecule has 1 aromatic heterocycles. The molecule has 23 heavy (non-hydrogen) atoms. The molecule has 1 N–H and O–H groups in total. The van der Waals surface area contributed by atoms with Crippen LogP contribution in [0.25, 0.3) is 11.0 Å². The fourth-order valence-electron chi connectivity index (χ4n) is 2.71. The molecular weight excluding hydrogens is 292 g/mol. The van der Waals surface area contributed by atoms with Gasteiger partial charge in [0.1, 0.15) is 17.1 Å². The van der Waals surface area contributed by atoms with Crippen LogP contribution in [0.3, 0.4) is 0 Å². The zero-order valence-corrected chi connectivity index (χ0v) is 12.9.